The van der Waals surface area contributed by atoms with Gasteiger partial charge in [-0.3, -0.25) is 14.8 Å². The first-order chi connectivity index (χ1) is 14.0. The van der Waals surface area contributed by atoms with Crippen molar-refractivity contribution in [3.05, 3.63) is 64.5 Å². The van der Waals surface area contributed by atoms with Crippen molar-refractivity contribution in [2.45, 2.75) is 46.0 Å². The van der Waals surface area contributed by atoms with E-state index in [-0.39, 0.29) is 0 Å². The first-order valence-electron chi connectivity index (χ1n) is 9.70. The Labute approximate surface area is 167 Å². The zero-order valence-electron chi connectivity index (χ0n) is 16.3. The van der Waals surface area contributed by atoms with Crippen LogP contribution >= 0.6 is 0 Å². The molecule has 1 N–H and O–H groups in total. The maximum Gasteiger partial charge on any atom is 0.261 e. The van der Waals surface area contributed by atoms with Crippen molar-refractivity contribution in [3.63, 3.8) is 0 Å². The fraction of sp³-hybridized carbons (Fsp3) is 0.318. The summed E-state index contributed by atoms with van der Waals surface area (Å²) in [5.41, 5.74) is 3.59. The van der Waals surface area contributed by atoms with Gasteiger partial charge >= 0.3 is 0 Å². The molecule has 0 saturated heterocycles. The van der Waals surface area contributed by atoms with Gasteiger partial charge in [0.05, 0.1) is 30.0 Å². The highest BCUT2D eigenvalue weighted by Gasteiger charge is 2.24. The largest absolute Gasteiger partial charge is 0.465 e. The average molecular weight is 397 g/mol. The lowest BCUT2D eigenvalue weighted by molar-refractivity contribution is 0.101. The predicted molar refractivity (Wildman–Crippen MR) is 105 cm³/mol. The Morgan fingerprint density at radius 3 is 2.62 bits per heavy atom. The van der Waals surface area contributed by atoms with Gasteiger partial charge in [-0.2, -0.15) is 0 Å². The van der Waals surface area contributed by atoms with Crippen molar-refractivity contribution in [2.75, 3.05) is 5.32 Å². The number of rotatable bonds is 4. The first kappa shape index (κ1) is 19.2. The number of aryl methyl sites for hydroxylation is 3. The van der Waals surface area contributed by atoms with Crippen LogP contribution in [0.2, 0.25) is 0 Å². The molecule has 0 saturated carbocycles. The molecule has 29 heavy (non-hydrogen) atoms. The van der Waals surface area contributed by atoms with E-state index in [1.54, 1.807) is 0 Å². The van der Waals surface area contributed by atoms with Gasteiger partial charge in [0.1, 0.15) is 17.1 Å². The Kier molecular flexibility index (Phi) is 5.13. The van der Waals surface area contributed by atoms with Crippen LogP contribution in [0.3, 0.4) is 0 Å². The molecular weight excluding hydrogens is 376 g/mol. The molecule has 150 valence electrons. The number of halogens is 2. The number of pyridine rings is 2. The van der Waals surface area contributed by atoms with Crippen molar-refractivity contribution in [1.82, 2.24) is 9.97 Å². The van der Waals surface area contributed by atoms with E-state index in [0.717, 1.165) is 66.4 Å². The zero-order chi connectivity index (χ0) is 20.5. The maximum atomic E-state index is 13.9. The van der Waals surface area contributed by atoms with Crippen LogP contribution in [0.25, 0.3) is 11.3 Å². The molecule has 3 heterocycles. The molecule has 0 atom stereocenters. The van der Waals surface area contributed by atoms with E-state index in [9.17, 15) is 13.6 Å². The third-order valence-electron chi connectivity index (χ3n) is 5.30. The van der Waals surface area contributed by atoms with Gasteiger partial charge in [-0.1, -0.05) is 6.92 Å². The van der Waals surface area contributed by atoms with Gasteiger partial charge in [0.2, 0.25) is 0 Å². The third kappa shape index (κ3) is 3.52. The van der Waals surface area contributed by atoms with Crippen molar-refractivity contribution in [2.24, 2.45) is 0 Å². The highest BCUT2D eigenvalue weighted by atomic mass is 19.1. The molecule has 0 aromatic carbocycles. The lowest BCUT2D eigenvalue weighted by Gasteiger charge is -2.14. The van der Waals surface area contributed by atoms with Gasteiger partial charge in [-0.25, -0.2) is 8.78 Å². The van der Waals surface area contributed by atoms with Crippen LogP contribution in [0.15, 0.2) is 29.1 Å². The predicted octanol–water partition coefficient (Wildman–Crippen LogP) is 5.02. The Morgan fingerprint density at radius 1 is 1.17 bits per heavy atom. The van der Waals surface area contributed by atoms with Gasteiger partial charge in [0.25, 0.3) is 5.91 Å². The van der Waals surface area contributed by atoms with Crippen LogP contribution < -0.4 is 5.32 Å². The van der Waals surface area contributed by atoms with E-state index < -0.39 is 23.1 Å². The van der Waals surface area contributed by atoms with Gasteiger partial charge in [-0.05, 0) is 44.2 Å². The summed E-state index contributed by atoms with van der Waals surface area (Å²) in [6, 6.07) is 1.90. The van der Waals surface area contributed by atoms with Crippen molar-refractivity contribution < 1.29 is 18.0 Å². The van der Waals surface area contributed by atoms with E-state index in [2.05, 4.69) is 15.3 Å². The minimum Gasteiger partial charge on any atom is -0.465 e. The van der Waals surface area contributed by atoms with Crippen molar-refractivity contribution >= 4 is 11.6 Å². The summed E-state index contributed by atoms with van der Waals surface area (Å²) in [4.78, 5) is 20.3. The van der Waals surface area contributed by atoms with Gasteiger partial charge in [-0.15, -0.1) is 0 Å². The minimum absolute atomic E-state index is 0.423. The molecule has 0 spiro atoms. The Morgan fingerprint density at radius 2 is 1.90 bits per heavy atom. The standard InChI is InChI=1S/C22H21F2N3O2/c1-3-13-8-17(20-12(2)29-19-7-5-4-6-14(19)20)26-11-18(13)27-22(28)21-15(23)9-25-10-16(21)24/h8-11H,3-7H2,1-2H3,(H,27,28). The summed E-state index contributed by atoms with van der Waals surface area (Å²) in [5, 5.41) is 2.58. The molecule has 3 aromatic heterocycles. The lowest BCUT2D eigenvalue weighted by atomic mass is 9.92. The summed E-state index contributed by atoms with van der Waals surface area (Å²) in [5.74, 6) is -1.02. The number of nitrogens with one attached hydrogen (secondary N) is 1. The highest BCUT2D eigenvalue weighted by Crippen LogP contribution is 2.36. The number of fused-ring (bicyclic) bond motifs is 1. The first-order valence-corrected chi connectivity index (χ1v) is 9.70. The molecule has 0 aliphatic heterocycles. The zero-order valence-corrected chi connectivity index (χ0v) is 16.3. The number of carbonyl (C=O) groups is 1. The molecule has 5 nitrogen and oxygen atoms in total. The number of nitrogens with zero attached hydrogens (tertiary/aromatic N) is 2. The molecule has 0 radical (unpaired) electrons. The maximum absolute atomic E-state index is 13.9. The molecule has 1 amide bonds. The van der Waals surface area contributed by atoms with Crippen LogP contribution in [0.5, 0.6) is 0 Å². The smallest absolute Gasteiger partial charge is 0.261 e. The van der Waals surface area contributed by atoms with Crippen LogP contribution in [0.4, 0.5) is 14.5 Å². The summed E-state index contributed by atoms with van der Waals surface area (Å²) < 4.78 is 33.6. The number of carbonyl (C=O) groups excluding carboxylic acids is 1. The van der Waals surface area contributed by atoms with Crippen LogP contribution in [-0.4, -0.2) is 15.9 Å². The normalized spacial score (nSPS) is 13.2. The van der Waals surface area contributed by atoms with Crippen molar-refractivity contribution in [3.8, 4) is 11.3 Å². The Hall–Kier alpha value is -3.09. The van der Waals surface area contributed by atoms with Gasteiger partial charge < -0.3 is 9.73 Å². The van der Waals surface area contributed by atoms with E-state index in [1.807, 2.05) is 19.9 Å². The average Bonchev–Trinajstić information content (AvgIpc) is 3.04. The van der Waals surface area contributed by atoms with E-state index in [4.69, 9.17) is 4.42 Å². The summed E-state index contributed by atoms with van der Waals surface area (Å²) >= 11 is 0. The van der Waals surface area contributed by atoms with Crippen LogP contribution in [0, 0.1) is 18.6 Å². The monoisotopic (exact) mass is 397 g/mol. The lowest BCUT2D eigenvalue weighted by Crippen LogP contribution is -2.17. The molecule has 0 bridgehead atoms. The Balaban J connectivity index is 1.68. The SMILES string of the molecule is CCc1cc(-c2c(C)oc3c2CCCC3)ncc1NC(=O)c1c(F)cncc1F. The molecule has 1 aliphatic carbocycles. The third-order valence-corrected chi connectivity index (χ3v) is 5.30. The second kappa shape index (κ2) is 7.73. The van der Waals surface area contributed by atoms with E-state index >= 15 is 0 Å². The second-order valence-corrected chi connectivity index (χ2v) is 7.15. The summed E-state index contributed by atoms with van der Waals surface area (Å²) in [6.45, 7) is 3.88. The highest BCUT2D eigenvalue weighted by molar-refractivity contribution is 6.05. The van der Waals surface area contributed by atoms with Crippen LogP contribution in [0.1, 0.15) is 52.8 Å². The van der Waals surface area contributed by atoms with Crippen molar-refractivity contribution in [1.29, 1.82) is 0 Å². The second-order valence-electron chi connectivity index (χ2n) is 7.15. The molecule has 7 heteroatoms. The van der Waals surface area contributed by atoms with Gasteiger partial charge in [0.15, 0.2) is 11.6 Å². The molecule has 3 aromatic rings. The van der Waals surface area contributed by atoms with E-state index in [0.29, 0.717) is 12.1 Å². The van der Waals surface area contributed by atoms with Gasteiger partial charge in [0, 0.05) is 17.5 Å². The topological polar surface area (TPSA) is 68.0 Å². The summed E-state index contributed by atoms with van der Waals surface area (Å²) in [7, 11) is 0. The number of anilines is 1. The van der Waals surface area contributed by atoms with Crippen LogP contribution in [-0.2, 0) is 19.3 Å². The number of furan rings is 1. The molecular formula is C22H21F2N3O2. The molecule has 0 fully saturated rings. The molecule has 0 unspecified atom stereocenters. The summed E-state index contributed by atoms with van der Waals surface area (Å²) in [6.07, 6.45) is 7.92. The number of hydrogen-bond acceptors (Lipinski definition) is 4. The Bertz CT molecular complexity index is 1070. The number of hydrogen-bond donors (Lipinski definition) is 1. The number of amides is 1. The molecule has 4 rings (SSSR count). The minimum atomic E-state index is -1.01. The molecule has 1 aliphatic rings. The van der Waals surface area contributed by atoms with E-state index in [1.165, 1.54) is 11.8 Å². The fourth-order valence-corrected chi connectivity index (χ4v) is 3.89. The number of aromatic nitrogens is 2. The fourth-order valence-electron chi connectivity index (χ4n) is 3.89. The quantitative estimate of drug-likeness (QED) is 0.671.